The molecule has 3 heterocycles. The van der Waals surface area contributed by atoms with E-state index in [9.17, 15) is 45.0 Å². The molecule has 3 aromatic rings. The lowest BCUT2D eigenvalue weighted by atomic mass is 10.0. The van der Waals surface area contributed by atoms with E-state index in [4.69, 9.17) is 0 Å². The van der Waals surface area contributed by atoms with Crippen LogP contribution < -0.4 is 4.72 Å². The van der Waals surface area contributed by atoms with Crippen molar-refractivity contribution in [2.24, 2.45) is 0 Å². The molecule has 2 atom stereocenters. The Morgan fingerprint density at radius 2 is 1.93 bits per heavy atom. The maximum Gasteiger partial charge on any atom is 0.490 e. The van der Waals surface area contributed by atoms with Gasteiger partial charge in [0, 0.05) is 32.2 Å². The fourth-order valence-electron chi connectivity index (χ4n) is 5.17. The Morgan fingerprint density at radius 1 is 1.18 bits per heavy atom. The van der Waals surface area contributed by atoms with E-state index < -0.39 is 47.1 Å². The molecule has 0 bridgehead atoms. The second kappa shape index (κ2) is 12.1. The van der Waals surface area contributed by atoms with Gasteiger partial charge in [0.2, 0.25) is 11.7 Å². The third-order valence-corrected chi connectivity index (χ3v) is 8.64. The first kappa shape index (κ1) is 32.5. The van der Waals surface area contributed by atoms with Gasteiger partial charge in [-0.1, -0.05) is 35.5 Å². The van der Waals surface area contributed by atoms with Crippen molar-refractivity contribution in [2.45, 2.75) is 43.1 Å². The van der Waals surface area contributed by atoms with Crippen molar-refractivity contribution in [3.05, 3.63) is 65.0 Å². The first-order valence-corrected chi connectivity index (χ1v) is 15.1. The maximum atomic E-state index is 13.6. The number of esters is 1. The summed E-state index contributed by atoms with van der Waals surface area (Å²) in [5, 5.41) is 3.41. The molecule has 45 heavy (non-hydrogen) atoms. The number of nitrogens with one attached hydrogen (secondary N) is 1. The van der Waals surface area contributed by atoms with Crippen LogP contribution in [0.15, 0.2) is 47.0 Å². The summed E-state index contributed by atoms with van der Waals surface area (Å²) in [6.07, 6.45) is -11.0. The molecular weight excluding hydrogens is 636 g/mol. The Bertz CT molecular complexity index is 1580. The van der Waals surface area contributed by atoms with Crippen molar-refractivity contribution in [3.63, 3.8) is 0 Å². The lowest BCUT2D eigenvalue weighted by Crippen LogP contribution is -2.40. The van der Waals surface area contributed by atoms with Crippen molar-refractivity contribution in [2.75, 3.05) is 31.4 Å². The number of benzene rings is 2. The number of ether oxygens (including phenoxy) is 1. The fraction of sp³-hybridized carbons (Fsp3) is 0.407. The molecule has 1 fully saturated rings. The van der Waals surface area contributed by atoms with Crippen molar-refractivity contribution in [1.29, 1.82) is 0 Å². The van der Waals surface area contributed by atoms with Gasteiger partial charge in [0.05, 0.1) is 23.9 Å². The van der Waals surface area contributed by atoms with Crippen molar-refractivity contribution in [1.82, 2.24) is 19.9 Å². The van der Waals surface area contributed by atoms with Gasteiger partial charge in [0.1, 0.15) is 6.10 Å². The normalized spacial score (nSPS) is 19.4. The van der Waals surface area contributed by atoms with Crippen LogP contribution in [0.3, 0.4) is 0 Å². The largest absolute Gasteiger partial charge is 0.490 e. The molecule has 3 N–H and O–H groups in total. The van der Waals surface area contributed by atoms with Gasteiger partial charge in [-0.3, -0.25) is 23.5 Å². The van der Waals surface area contributed by atoms with Gasteiger partial charge in [-0.15, -0.1) is 10.8 Å². The Hall–Kier alpha value is -3.87. The van der Waals surface area contributed by atoms with Crippen LogP contribution in [-0.2, 0) is 32.7 Å². The number of alkyl halides is 6. The summed E-state index contributed by atoms with van der Waals surface area (Å²) in [4.78, 5) is 31.4. The highest BCUT2D eigenvalue weighted by Gasteiger charge is 2.43. The number of likely N-dealkylation sites (N-methyl/N-ethyl adjacent to an activating group) is 1. The lowest BCUT2D eigenvalue weighted by Gasteiger charge is -2.32. The number of likely N-dealkylation sites (tertiary alicyclic amines) is 1. The maximum absolute atomic E-state index is 13.6. The molecule has 0 radical (unpaired) electrons. The number of fused-ring (bicyclic) bond motifs is 1. The van der Waals surface area contributed by atoms with Crippen LogP contribution in [0.4, 0.5) is 32.0 Å². The van der Waals surface area contributed by atoms with E-state index in [-0.39, 0.29) is 55.5 Å². The number of hydrogen-bond acceptors (Lipinski definition) is 10. The predicted octanol–water partition coefficient (Wildman–Crippen LogP) is 5.27. The molecule has 18 heteroatoms. The Kier molecular flexibility index (Phi) is 8.78. The van der Waals surface area contributed by atoms with Crippen LogP contribution >= 0.6 is 10.8 Å². The van der Waals surface area contributed by atoms with E-state index in [0.29, 0.717) is 22.4 Å². The molecule has 2 aromatic carbocycles. The second-order valence-electron chi connectivity index (χ2n) is 10.7. The number of carbonyl (C=O) groups excluding carboxylic acids is 2. The van der Waals surface area contributed by atoms with Crippen LogP contribution in [0.1, 0.15) is 35.0 Å². The summed E-state index contributed by atoms with van der Waals surface area (Å²) in [6, 6.07) is 10.3. The van der Waals surface area contributed by atoms with Crippen LogP contribution in [-0.4, -0.2) is 79.9 Å². The summed E-state index contributed by atoms with van der Waals surface area (Å²) in [7, 11) is -1.50. The highest BCUT2D eigenvalue weighted by Crippen LogP contribution is 2.50. The van der Waals surface area contributed by atoms with Crippen molar-refractivity contribution >= 4 is 28.3 Å². The molecule has 2 aliphatic heterocycles. The third-order valence-electron chi connectivity index (χ3n) is 7.38. The summed E-state index contributed by atoms with van der Waals surface area (Å²) in [6.45, 7) is 0.290. The lowest BCUT2D eigenvalue weighted by molar-refractivity contribution is -0.204. The summed E-state index contributed by atoms with van der Waals surface area (Å²) < 4.78 is 109. The topological polar surface area (TPSA) is 141 Å². The molecule has 0 aliphatic carbocycles. The van der Waals surface area contributed by atoms with Crippen LogP contribution in [0.25, 0.3) is 11.4 Å². The van der Waals surface area contributed by atoms with Crippen molar-refractivity contribution in [3.8, 4) is 11.4 Å². The molecule has 2 aliphatic rings. The van der Waals surface area contributed by atoms with Crippen LogP contribution in [0.5, 0.6) is 0 Å². The predicted molar refractivity (Wildman–Crippen MR) is 148 cm³/mol. The third kappa shape index (κ3) is 7.69. The zero-order chi connectivity index (χ0) is 32.7. The van der Waals surface area contributed by atoms with Crippen LogP contribution in [0, 0.1) is 0 Å². The quantitative estimate of drug-likeness (QED) is 0.216. The monoisotopic (exact) mass is 663 g/mol. The minimum Gasteiger partial charge on any atom is -0.454 e. The first-order valence-electron chi connectivity index (χ1n) is 13.4. The Morgan fingerprint density at radius 3 is 2.62 bits per heavy atom. The van der Waals surface area contributed by atoms with E-state index in [0.717, 1.165) is 0 Å². The fourth-order valence-corrected chi connectivity index (χ4v) is 6.47. The summed E-state index contributed by atoms with van der Waals surface area (Å²) in [5.41, 5.74) is 2.36. The average Bonchev–Trinajstić information content (AvgIpc) is 3.68. The van der Waals surface area contributed by atoms with Gasteiger partial charge < -0.3 is 14.2 Å². The van der Waals surface area contributed by atoms with Gasteiger partial charge in [-0.2, -0.15) is 31.3 Å². The SMILES string of the molecule is CN(C(=O)Cc1ccc2c(c1)NS(O)(O)C2)[C@H](CN1CC[C@H](OC(=O)C(F)(F)F)C1)c1cccc(-c2noc(C(F)(F)F)n2)c1. The number of anilines is 1. The van der Waals surface area contributed by atoms with Crippen LogP contribution in [0.2, 0.25) is 0 Å². The van der Waals surface area contributed by atoms with Crippen molar-refractivity contribution < 1.29 is 54.3 Å². The number of nitrogens with zero attached hydrogens (tertiary/aromatic N) is 4. The average molecular weight is 664 g/mol. The number of hydrogen-bond donors (Lipinski definition) is 3. The highest BCUT2D eigenvalue weighted by molar-refractivity contribution is 8.25. The smallest absolute Gasteiger partial charge is 0.454 e. The van der Waals surface area contributed by atoms with E-state index in [1.165, 1.54) is 30.1 Å². The summed E-state index contributed by atoms with van der Waals surface area (Å²) >= 11 is 0. The van der Waals surface area contributed by atoms with Gasteiger partial charge in [-0.05, 0) is 35.2 Å². The molecule has 5 rings (SSSR count). The van der Waals surface area contributed by atoms with E-state index in [2.05, 4.69) is 24.1 Å². The summed E-state index contributed by atoms with van der Waals surface area (Å²) in [5.74, 6) is -4.51. The molecular formula is C27H27F6N5O6S. The Labute approximate surface area is 253 Å². The minimum atomic E-state index is -5.14. The van der Waals surface area contributed by atoms with E-state index in [1.807, 2.05) is 0 Å². The molecule has 0 saturated carbocycles. The minimum absolute atomic E-state index is 0.0365. The Balaban J connectivity index is 1.38. The molecule has 0 spiro atoms. The highest BCUT2D eigenvalue weighted by atomic mass is 32.3. The van der Waals surface area contributed by atoms with E-state index in [1.54, 1.807) is 29.2 Å². The zero-order valence-electron chi connectivity index (χ0n) is 23.4. The first-order chi connectivity index (χ1) is 21.0. The van der Waals surface area contributed by atoms with Gasteiger partial charge >= 0.3 is 24.2 Å². The molecule has 1 saturated heterocycles. The zero-order valence-corrected chi connectivity index (χ0v) is 24.2. The molecule has 244 valence electrons. The number of carbonyl (C=O) groups is 2. The van der Waals surface area contributed by atoms with Gasteiger partial charge in [0.15, 0.2) is 0 Å². The molecule has 0 unspecified atom stereocenters. The van der Waals surface area contributed by atoms with Gasteiger partial charge in [0.25, 0.3) is 0 Å². The second-order valence-corrected chi connectivity index (χ2v) is 12.5. The molecule has 11 nitrogen and oxygen atoms in total. The molecule has 1 aromatic heterocycles. The number of aromatic nitrogens is 2. The molecule has 1 amide bonds. The van der Waals surface area contributed by atoms with E-state index >= 15 is 0 Å². The number of halogens is 6. The standard InChI is InChI=1S/C27H27F6N5O6S/c1-37(22(39)10-15-5-6-18-14-45(41,42)36-20(18)9-15)21(13-38-8-7-19(12-38)43-25(40)27(31,32)33)16-3-2-4-17(11-16)23-34-24(44-35-23)26(28,29)30/h2-6,9,11,19,21,36,41-42H,7-8,10,12-14H2,1H3/t19-,21+/m0/s1. The van der Waals surface area contributed by atoms with Gasteiger partial charge in [-0.25, -0.2) is 4.79 Å². The number of rotatable bonds is 8. The number of amides is 1.